The van der Waals surface area contributed by atoms with Gasteiger partial charge in [-0.05, 0) is 20.8 Å². The molecule has 0 aliphatic rings. The highest BCUT2D eigenvalue weighted by molar-refractivity contribution is 14.0. The van der Waals surface area contributed by atoms with E-state index in [4.69, 9.17) is 0 Å². The lowest BCUT2D eigenvalue weighted by Gasteiger charge is -2.12. The Labute approximate surface area is 160 Å². The van der Waals surface area contributed by atoms with Crippen molar-refractivity contribution in [1.82, 2.24) is 20.9 Å². The molecule has 0 radical (unpaired) electrons. The van der Waals surface area contributed by atoms with Gasteiger partial charge in [-0.2, -0.15) is 0 Å². The topological polar surface area (TPSA) is 78.4 Å². The first-order chi connectivity index (χ1) is 10.4. The van der Waals surface area contributed by atoms with Gasteiger partial charge in [0.25, 0.3) is 0 Å². The zero-order valence-corrected chi connectivity index (χ0v) is 17.7. The molecule has 3 N–H and O–H groups in total. The first-order valence-electron chi connectivity index (χ1n) is 7.66. The van der Waals surface area contributed by atoms with Crippen LogP contribution in [0.2, 0.25) is 0 Å². The third-order valence-electron chi connectivity index (χ3n) is 2.97. The summed E-state index contributed by atoms with van der Waals surface area (Å²) >= 11 is 1.68. The van der Waals surface area contributed by atoms with Crippen LogP contribution in [0.4, 0.5) is 0 Å². The molecule has 132 valence electrons. The predicted octanol–water partition coefficient (Wildman–Crippen LogP) is 2.21. The minimum atomic E-state index is 0. The number of amides is 1. The summed E-state index contributed by atoms with van der Waals surface area (Å²) in [6.07, 6.45) is 0. The van der Waals surface area contributed by atoms with Crippen LogP contribution in [-0.4, -0.2) is 36.5 Å². The van der Waals surface area contributed by atoms with E-state index in [0.717, 1.165) is 23.2 Å². The van der Waals surface area contributed by atoms with Gasteiger partial charge in [0, 0.05) is 30.4 Å². The Morgan fingerprint density at radius 1 is 1.22 bits per heavy atom. The summed E-state index contributed by atoms with van der Waals surface area (Å²) in [7, 11) is 0. The average molecular weight is 453 g/mol. The Balaban J connectivity index is 0.00000484. The summed E-state index contributed by atoms with van der Waals surface area (Å²) in [5.41, 5.74) is 1.05. The maximum Gasteiger partial charge on any atom is 0.222 e. The molecule has 0 unspecified atom stereocenters. The van der Waals surface area contributed by atoms with E-state index in [2.05, 4.69) is 25.9 Å². The second kappa shape index (κ2) is 11.6. The summed E-state index contributed by atoms with van der Waals surface area (Å²) < 4.78 is 0. The fourth-order valence-electron chi connectivity index (χ4n) is 1.78. The molecule has 1 aromatic rings. The fourth-order valence-corrected chi connectivity index (χ4v) is 2.65. The molecule has 0 aliphatic carbocycles. The Bertz CT molecular complexity index is 516. The van der Waals surface area contributed by atoms with Crippen LogP contribution in [0.15, 0.2) is 4.99 Å². The normalized spacial score (nSPS) is 11.1. The molecule has 0 bridgehead atoms. The molecule has 8 heteroatoms. The highest BCUT2D eigenvalue weighted by Gasteiger charge is 2.06. The van der Waals surface area contributed by atoms with Crippen molar-refractivity contribution in [2.24, 2.45) is 10.9 Å². The summed E-state index contributed by atoms with van der Waals surface area (Å²) in [4.78, 5) is 21.6. The standard InChI is InChI=1S/C15H27N5OS.HI/c1-6-16-15(18-8-7-17-14(21)10(2)3)19-9-13-11(4)20-12(5)22-13;/h10H,6-9H2,1-5H3,(H,17,21)(H2,16,18,19);1H. The van der Waals surface area contributed by atoms with Gasteiger partial charge >= 0.3 is 0 Å². The van der Waals surface area contributed by atoms with Crippen molar-refractivity contribution in [2.75, 3.05) is 19.6 Å². The minimum absolute atomic E-state index is 0. The second-order valence-electron chi connectivity index (χ2n) is 5.31. The van der Waals surface area contributed by atoms with E-state index in [0.29, 0.717) is 19.6 Å². The summed E-state index contributed by atoms with van der Waals surface area (Å²) in [6.45, 7) is 12.4. The van der Waals surface area contributed by atoms with Crippen LogP contribution in [0.25, 0.3) is 0 Å². The number of hydrogen-bond acceptors (Lipinski definition) is 4. The number of thiazole rings is 1. The Kier molecular flexibility index (Phi) is 11.2. The van der Waals surface area contributed by atoms with Crippen molar-refractivity contribution in [3.63, 3.8) is 0 Å². The lowest BCUT2D eigenvalue weighted by Crippen LogP contribution is -2.42. The molecule has 0 aromatic carbocycles. The lowest BCUT2D eigenvalue weighted by atomic mass is 10.2. The second-order valence-corrected chi connectivity index (χ2v) is 6.60. The number of nitrogens with zero attached hydrogens (tertiary/aromatic N) is 2. The van der Waals surface area contributed by atoms with E-state index in [9.17, 15) is 4.79 Å². The summed E-state index contributed by atoms with van der Waals surface area (Å²) in [5, 5.41) is 10.4. The highest BCUT2D eigenvalue weighted by Crippen LogP contribution is 2.17. The molecular weight excluding hydrogens is 425 g/mol. The number of aliphatic imine (C=N–C) groups is 1. The van der Waals surface area contributed by atoms with Crippen LogP contribution in [0, 0.1) is 19.8 Å². The van der Waals surface area contributed by atoms with E-state index in [1.54, 1.807) is 11.3 Å². The molecule has 0 saturated carbocycles. The van der Waals surface area contributed by atoms with Crippen LogP contribution in [0.1, 0.15) is 36.3 Å². The molecule has 0 atom stereocenters. The first-order valence-corrected chi connectivity index (χ1v) is 8.48. The van der Waals surface area contributed by atoms with E-state index >= 15 is 0 Å². The number of aromatic nitrogens is 1. The molecule has 1 amide bonds. The molecule has 23 heavy (non-hydrogen) atoms. The zero-order valence-electron chi connectivity index (χ0n) is 14.5. The van der Waals surface area contributed by atoms with Crippen LogP contribution in [-0.2, 0) is 11.3 Å². The molecule has 0 fully saturated rings. The van der Waals surface area contributed by atoms with Gasteiger partial charge in [0.2, 0.25) is 5.91 Å². The lowest BCUT2D eigenvalue weighted by molar-refractivity contribution is -0.123. The van der Waals surface area contributed by atoms with Crippen molar-refractivity contribution in [3.05, 3.63) is 15.6 Å². The quantitative estimate of drug-likeness (QED) is 0.256. The van der Waals surface area contributed by atoms with Gasteiger partial charge in [-0.1, -0.05) is 13.8 Å². The van der Waals surface area contributed by atoms with Crippen LogP contribution < -0.4 is 16.0 Å². The summed E-state index contributed by atoms with van der Waals surface area (Å²) in [6, 6.07) is 0. The number of carbonyl (C=O) groups is 1. The predicted molar refractivity (Wildman–Crippen MR) is 108 cm³/mol. The molecule has 6 nitrogen and oxygen atoms in total. The van der Waals surface area contributed by atoms with Crippen molar-refractivity contribution in [3.8, 4) is 0 Å². The molecule has 0 spiro atoms. The van der Waals surface area contributed by atoms with Crippen LogP contribution >= 0.6 is 35.3 Å². The maximum atomic E-state index is 11.5. The molecular formula is C15H28IN5OS. The van der Waals surface area contributed by atoms with Crippen molar-refractivity contribution < 1.29 is 4.79 Å². The van der Waals surface area contributed by atoms with Crippen LogP contribution in [0.3, 0.4) is 0 Å². The molecule has 1 heterocycles. The van der Waals surface area contributed by atoms with Gasteiger partial charge in [0.05, 0.1) is 17.2 Å². The van der Waals surface area contributed by atoms with Crippen molar-refractivity contribution >= 4 is 47.2 Å². The SMILES string of the molecule is CCNC(=NCc1sc(C)nc1C)NCCNC(=O)C(C)C.I. The Morgan fingerprint density at radius 3 is 2.39 bits per heavy atom. The van der Waals surface area contributed by atoms with Gasteiger partial charge in [0.15, 0.2) is 5.96 Å². The van der Waals surface area contributed by atoms with E-state index < -0.39 is 0 Å². The fraction of sp³-hybridized carbons (Fsp3) is 0.667. The van der Waals surface area contributed by atoms with Crippen LogP contribution in [0.5, 0.6) is 0 Å². The third kappa shape index (κ3) is 8.50. The molecule has 1 aromatic heterocycles. The zero-order chi connectivity index (χ0) is 16.5. The van der Waals surface area contributed by atoms with Gasteiger partial charge in [-0.25, -0.2) is 9.98 Å². The van der Waals surface area contributed by atoms with E-state index in [-0.39, 0.29) is 35.8 Å². The number of aryl methyl sites for hydroxylation is 2. The highest BCUT2D eigenvalue weighted by atomic mass is 127. The minimum Gasteiger partial charge on any atom is -0.357 e. The number of carbonyl (C=O) groups excluding carboxylic acids is 1. The van der Waals surface area contributed by atoms with E-state index in [1.165, 1.54) is 4.88 Å². The first kappa shape index (κ1) is 22.1. The summed E-state index contributed by atoms with van der Waals surface area (Å²) in [5.74, 6) is 0.839. The monoisotopic (exact) mass is 453 g/mol. The van der Waals surface area contributed by atoms with Gasteiger partial charge in [0.1, 0.15) is 0 Å². The largest absolute Gasteiger partial charge is 0.357 e. The van der Waals surface area contributed by atoms with E-state index in [1.807, 2.05) is 34.6 Å². The smallest absolute Gasteiger partial charge is 0.222 e. The number of rotatable bonds is 7. The third-order valence-corrected chi connectivity index (χ3v) is 4.02. The molecule has 1 rings (SSSR count). The average Bonchev–Trinajstić information content (AvgIpc) is 2.78. The van der Waals surface area contributed by atoms with Gasteiger partial charge in [-0.15, -0.1) is 35.3 Å². The van der Waals surface area contributed by atoms with Gasteiger partial charge in [-0.3, -0.25) is 4.79 Å². The van der Waals surface area contributed by atoms with Gasteiger partial charge < -0.3 is 16.0 Å². The molecule has 0 aliphatic heterocycles. The number of nitrogens with one attached hydrogen (secondary N) is 3. The van der Waals surface area contributed by atoms with Crippen molar-refractivity contribution in [1.29, 1.82) is 0 Å². The number of halogens is 1. The maximum absolute atomic E-state index is 11.5. The van der Waals surface area contributed by atoms with Crippen molar-refractivity contribution in [2.45, 2.75) is 41.2 Å². The molecule has 0 saturated heterocycles. The number of guanidine groups is 1. The Morgan fingerprint density at radius 2 is 1.87 bits per heavy atom. The number of hydrogen-bond donors (Lipinski definition) is 3. The Hall–Kier alpha value is -0.900.